The molecule has 2 aromatic heterocycles. The number of H-pyrrole nitrogens is 1. The van der Waals surface area contributed by atoms with E-state index < -0.39 is 17.6 Å². The first-order valence-electron chi connectivity index (χ1n) is 7.35. The van der Waals surface area contributed by atoms with Gasteiger partial charge in [-0.3, -0.25) is 14.7 Å². The van der Waals surface area contributed by atoms with Crippen molar-refractivity contribution in [3.8, 4) is 5.69 Å². The summed E-state index contributed by atoms with van der Waals surface area (Å²) < 4.78 is 15.3. The molecular formula is C16H15FN6O2. The molecule has 3 aromatic rings. The highest BCUT2D eigenvalue weighted by Gasteiger charge is 2.21. The zero-order valence-corrected chi connectivity index (χ0v) is 13.5. The summed E-state index contributed by atoms with van der Waals surface area (Å²) in [6.07, 6.45) is 1.33. The highest BCUT2D eigenvalue weighted by molar-refractivity contribution is 6.08. The van der Waals surface area contributed by atoms with Gasteiger partial charge in [-0.15, -0.1) is 0 Å². The van der Waals surface area contributed by atoms with Crippen LogP contribution in [0, 0.1) is 19.7 Å². The summed E-state index contributed by atoms with van der Waals surface area (Å²) in [6.45, 7) is 3.29. The van der Waals surface area contributed by atoms with E-state index in [2.05, 4.69) is 20.6 Å². The lowest BCUT2D eigenvalue weighted by Crippen LogP contribution is -2.18. The van der Waals surface area contributed by atoms with Crippen molar-refractivity contribution in [3.63, 3.8) is 0 Å². The van der Waals surface area contributed by atoms with Gasteiger partial charge in [0.2, 0.25) is 0 Å². The Balaban J connectivity index is 1.94. The summed E-state index contributed by atoms with van der Waals surface area (Å²) in [5, 5.41) is 13.0. The number of anilines is 1. The van der Waals surface area contributed by atoms with Crippen LogP contribution in [-0.2, 0) is 0 Å². The Bertz CT molecular complexity index is 975. The van der Waals surface area contributed by atoms with Crippen LogP contribution in [0.2, 0.25) is 0 Å². The molecule has 0 aliphatic heterocycles. The second-order valence-electron chi connectivity index (χ2n) is 5.40. The van der Waals surface area contributed by atoms with Crippen molar-refractivity contribution in [2.24, 2.45) is 5.73 Å². The van der Waals surface area contributed by atoms with Crippen molar-refractivity contribution in [2.45, 2.75) is 13.8 Å². The van der Waals surface area contributed by atoms with Crippen molar-refractivity contribution < 1.29 is 14.0 Å². The Labute approximate surface area is 141 Å². The fraction of sp³-hybridized carbons (Fsp3) is 0.125. The van der Waals surface area contributed by atoms with Crippen molar-refractivity contribution in [1.29, 1.82) is 0 Å². The number of rotatable bonds is 4. The van der Waals surface area contributed by atoms with E-state index in [1.165, 1.54) is 16.9 Å². The number of aryl methyl sites for hydroxylation is 1. The van der Waals surface area contributed by atoms with E-state index in [1.807, 2.05) is 0 Å². The molecule has 0 saturated carbocycles. The van der Waals surface area contributed by atoms with Gasteiger partial charge in [0.25, 0.3) is 11.8 Å². The van der Waals surface area contributed by atoms with Crippen LogP contribution >= 0.6 is 0 Å². The molecule has 0 aliphatic carbocycles. The Morgan fingerprint density at radius 2 is 2.00 bits per heavy atom. The molecular weight excluding hydrogens is 327 g/mol. The number of nitrogens with zero attached hydrogens (tertiary/aromatic N) is 3. The first-order valence-corrected chi connectivity index (χ1v) is 7.35. The molecule has 128 valence electrons. The number of nitrogens with one attached hydrogen (secondary N) is 2. The molecule has 0 unspecified atom stereocenters. The molecule has 3 rings (SSSR count). The molecule has 2 amide bonds. The first kappa shape index (κ1) is 16.4. The average Bonchev–Trinajstić information content (AvgIpc) is 3.12. The lowest BCUT2D eigenvalue weighted by molar-refractivity contribution is 0.0996. The standard InChI is InChI=1S/C16H15FN6O2/c1-8-13(14(15(18)24)22-21-8)20-16(25)10-7-19-23(9(10)2)12-6-4-3-5-11(12)17/h3-7H,1-2H3,(H2,18,24)(H,20,25)(H,21,22). The number of carbonyl (C=O) groups excluding carboxylic acids is 2. The summed E-state index contributed by atoms with van der Waals surface area (Å²) in [4.78, 5) is 23.9. The van der Waals surface area contributed by atoms with Crippen LogP contribution in [0.1, 0.15) is 32.2 Å². The first-order chi connectivity index (χ1) is 11.9. The summed E-state index contributed by atoms with van der Waals surface area (Å²) in [5.74, 6) is -1.73. The Hall–Kier alpha value is -3.49. The van der Waals surface area contributed by atoms with Crippen LogP contribution < -0.4 is 11.1 Å². The molecule has 25 heavy (non-hydrogen) atoms. The van der Waals surface area contributed by atoms with Crippen molar-refractivity contribution in [2.75, 3.05) is 5.32 Å². The van der Waals surface area contributed by atoms with E-state index in [0.717, 1.165) is 0 Å². The number of primary amides is 1. The molecule has 0 bridgehead atoms. The van der Waals surface area contributed by atoms with E-state index in [4.69, 9.17) is 5.73 Å². The van der Waals surface area contributed by atoms with Gasteiger partial charge in [0, 0.05) is 0 Å². The summed E-state index contributed by atoms with van der Waals surface area (Å²) >= 11 is 0. The molecule has 4 N–H and O–H groups in total. The number of carbonyl (C=O) groups is 2. The lowest BCUT2D eigenvalue weighted by Gasteiger charge is -2.07. The van der Waals surface area contributed by atoms with Crippen LogP contribution in [0.25, 0.3) is 5.69 Å². The largest absolute Gasteiger partial charge is 0.364 e. The molecule has 0 saturated heterocycles. The van der Waals surface area contributed by atoms with E-state index >= 15 is 0 Å². The maximum absolute atomic E-state index is 13.9. The number of hydrogen-bond acceptors (Lipinski definition) is 4. The highest BCUT2D eigenvalue weighted by atomic mass is 19.1. The van der Waals surface area contributed by atoms with Crippen LogP contribution in [0.3, 0.4) is 0 Å². The molecule has 2 heterocycles. The number of aromatic nitrogens is 4. The molecule has 9 heteroatoms. The fourth-order valence-corrected chi connectivity index (χ4v) is 2.44. The van der Waals surface area contributed by atoms with Crippen LogP contribution in [0.5, 0.6) is 0 Å². The van der Waals surface area contributed by atoms with E-state index in [0.29, 0.717) is 11.4 Å². The second kappa shape index (κ2) is 6.19. The predicted octanol–water partition coefficient (Wildman–Crippen LogP) is 1.70. The minimum Gasteiger partial charge on any atom is -0.364 e. The quantitative estimate of drug-likeness (QED) is 0.668. The number of hydrogen-bond donors (Lipinski definition) is 3. The molecule has 0 radical (unpaired) electrons. The van der Waals surface area contributed by atoms with Gasteiger partial charge in [-0.2, -0.15) is 10.2 Å². The van der Waals surface area contributed by atoms with Crippen LogP contribution in [-0.4, -0.2) is 31.8 Å². The third-order valence-electron chi connectivity index (χ3n) is 3.75. The molecule has 1 aromatic carbocycles. The van der Waals surface area contributed by atoms with Gasteiger partial charge in [-0.1, -0.05) is 12.1 Å². The van der Waals surface area contributed by atoms with E-state index in [-0.39, 0.29) is 22.6 Å². The Morgan fingerprint density at radius 1 is 1.28 bits per heavy atom. The monoisotopic (exact) mass is 342 g/mol. The van der Waals surface area contributed by atoms with Gasteiger partial charge in [0.05, 0.1) is 28.8 Å². The van der Waals surface area contributed by atoms with Gasteiger partial charge < -0.3 is 11.1 Å². The van der Waals surface area contributed by atoms with Gasteiger partial charge >= 0.3 is 0 Å². The SMILES string of the molecule is Cc1[nH]nc(C(N)=O)c1NC(=O)c1cnn(-c2ccccc2F)c1C. The number of benzene rings is 1. The topological polar surface area (TPSA) is 119 Å². The summed E-state index contributed by atoms with van der Waals surface area (Å²) in [7, 11) is 0. The number of para-hydroxylation sites is 1. The van der Waals surface area contributed by atoms with Crippen molar-refractivity contribution in [3.05, 3.63) is 58.9 Å². The zero-order chi connectivity index (χ0) is 18.1. The maximum atomic E-state index is 13.9. The molecule has 0 atom stereocenters. The minimum atomic E-state index is -0.765. The van der Waals surface area contributed by atoms with E-state index in [1.54, 1.807) is 32.0 Å². The third-order valence-corrected chi connectivity index (χ3v) is 3.75. The Kier molecular flexibility index (Phi) is 4.05. The van der Waals surface area contributed by atoms with Gasteiger partial charge in [0.1, 0.15) is 11.5 Å². The van der Waals surface area contributed by atoms with Crippen LogP contribution in [0.15, 0.2) is 30.5 Å². The average molecular weight is 342 g/mol. The fourth-order valence-electron chi connectivity index (χ4n) is 2.44. The summed E-state index contributed by atoms with van der Waals surface area (Å²) in [5.41, 5.74) is 6.78. The van der Waals surface area contributed by atoms with Gasteiger partial charge in [-0.05, 0) is 26.0 Å². The predicted molar refractivity (Wildman–Crippen MR) is 88.1 cm³/mol. The molecule has 8 nitrogen and oxygen atoms in total. The normalized spacial score (nSPS) is 10.7. The number of aromatic amines is 1. The highest BCUT2D eigenvalue weighted by Crippen LogP contribution is 2.21. The van der Waals surface area contributed by atoms with E-state index in [9.17, 15) is 14.0 Å². The van der Waals surface area contributed by atoms with Crippen molar-refractivity contribution >= 4 is 17.5 Å². The van der Waals surface area contributed by atoms with Crippen LogP contribution in [0.4, 0.5) is 10.1 Å². The number of halogens is 1. The zero-order valence-electron chi connectivity index (χ0n) is 13.5. The molecule has 0 aliphatic rings. The second-order valence-corrected chi connectivity index (χ2v) is 5.40. The molecule has 0 fully saturated rings. The maximum Gasteiger partial charge on any atom is 0.271 e. The van der Waals surface area contributed by atoms with Gasteiger partial charge in [-0.25, -0.2) is 9.07 Å². The third kappa shape index (κ3) is 2.87. The molecule has 0 spiro atoms. The summed E-state index contributed by atoms with van der Waals surface area (Å²) in [6, 6.07) is 6.11. The van der Waals surface area contributed by atoms with Gasteiger partial charge in [0.15, 0.2) is 5.69 Å². The lowest BCUT2D eigenvalue weighted by atomic mass is 10.2. The smallest absolute Gasteiger partial charge is 0.271 e. The number of nitrogens with two attached hydrogens (primary N) is 1. The Morgan fingerprint density at radius 3 is 2.68 bits per heavy atom. The minimum absolute atomic E-state index is 0.0648. The number of amides is 2. The van der Waals surface area contributed by atoms with Crippen molar-refractivity contribution in [1.82, 2.24) is 20.0 Å².